The van der Waals surface area contributed by atoms with Gasteiger partial charge in [-0.1, -0.05) is 0 Å². The molecule has 1 atom stereocenters. The fourth-order valence-corrected chi connectivity index (χ4v) is 1.21. The average molecular weight is 268 g/mol. The Morgan fingerprint density at radius 2 is 2.12 bits per heavy atom. The summed E-state index contributed by atoms with van der Waals surface area (Å²) in [5.74, 6) is -2.70. The summed E-state index contributed by atoms with van der Waals surface area (Å²) < 4.78 is 28.8. The van der Waals surface area contributed by atoms with Gasteiger partial charge in [-0.05, 0) is 23.7 Å². The van der Waals surface area contributed by atoms with E-state index in [0.717, 1.165) is 0 Å². The summed E-state index contributed by atoms with van der Waals surface area (Å²) in [6, 6.07) is 0.810. The minimum absolute atomic E-state index is 0.0594. The van der Waals surface area contributed by atoms with E-state index in [-0.39, 0.29) is 11.0 Å². The number of alkyl halides is 2. The van der Waals surface area contributed by atoms with Gasteiger partial charge in [0.25, 0.3) is 5.91 Å². The lowest BCUT2D eigenvalue weighted by Gasteiger charge is -2.12. The maximum absolute atomic E-state index is 12.0. The minimum atomic E-state index is -2.84. The van der Waals surface area contributed by atoms with Crippen LogP contribution < -0.4 is 5.32 Å². The number of hydrogen-bond acceptors (Lipinski definition) is 3. The fraction of sp³-hybridized carbons (Fsp3) is 0.333. The average Bonchev–Trinajstić information content (AvgIpc) is 2.63. The Hall–Kier alpha value is -1.63. The van der Waals surface area contributed by atoms with Gasteiger partial charge in [0, 0.05) is 6.42 Å². The molecule has 1 unspecified atom stereocenters. The molecule has 8 heteroatoms. The molecule has 0 aliphatic heterocycles. The second-order valence-corrected chi connectivity index (χ2v) is 3.47. The Balaban J connectivity index is 2.67. The molecular formula is C9H8ClF2NO4. The van der Waals surface area contributed by atoms with Crippen molar-refractivity contribution in [2.45, 2.75) is 18.9 Å². The van der Waals surface area contributed by atoms with Gasteiger partial charge >= 0.3 is 5.97 Å². The van der Waals surface area contributed by atoms with Gasteiger partial charge in [0.05, 0.1) is 0 Å². The number of carboxylic acids is 1. The monoisotopic (exact) mass is 267 g/mol. The zero-order valence-electron chi connectivity index (χ0n) is 8.32. The Labute approximate surface area is 99.4 Å². The second-order valence-electron chi connectivity index (χ2n) is 3.09. The quantitative estimate of drug-likeness (QED) is 0.852. The van der Waals surface area contributed by atoms with Crippen molar-refractivity contribution in [3.05, 3.63) is 23.1 Å². The smallest absolute Gasteiger partial charge is 0.326 e. The van der Waals surface area contributed by atoms with Crippen molar-refractivity contribution in [2.24, 2.45) is 0 Å². The summed E-state index contributed by atoms with van der Waals surface area (Å²) in [6.45, 7) is 0. The molecule has 1 rings (SSSR count). The lowest BCUT2D eigenvalue weighted by molar-refractivity contribution is -0.140. The van der Waals surface area contributed by atoms with Crippen molar-refractivity contribution in [2.75, 3.05) is 0 Å². The van der Waals surface area contributed by atoms with E-state index in [2.05, 4.69) is 0 Å². The third-order valence-electron chi connectivity index (χ3n) is 1.81. The van der Waals surface area contributed by atoms with E-state index < -0.39 is 30.8 Å². The maximum atomic E-state index is 12.0. The molecule has 0 saturated carbocycles. The molecule has 0 aromatic carbocycles. The molecule has 1 heterocycles. The highest BCUT2D eigenvalue weighted by Crippen LogP contribution is 2.13. The number of amides is 1. The van der Waals surface area contributed by atoms with E-state index in [0.29, 0.717) is 0 Å². The Morgan fingerprint density at radius 1 is 1.47 bits per heavy atom. The number of carbonyl (C=O) groups excluding carboxylic acids is 1. The lowest BCUT2D eigenvalue weighted by Crippen LogP contribution is -2.41. The van der Waals surface area contributed by atoms with Gasteiger partial charge in [0.15, 0.2) is 11.0 Å². The lowest BCUT2D eigenvalue weighted by atomic mass is 10.2. The SMILES string of the molecule is O=C(NC(CC(F)F)C(=O)O)c1ccc(Cl)o1. The number of nitrogens with one attached hydrogen (secondary N) is 1. The summed E-state index contributed by atoms with van der Waals surface area (Å²) in [5, 5.41) is 10.5. The summed E-state index contributed by atoms with van der Waals surface area (Å²) in [5.41, 5.74) is 0. The van der Waals surface area contributed by atoms with E-state index in [4.69, 9.17) is 21.1 Å². The van der Waals surface area contributed by atoms with E-state index in [9.17, 15) is 18.4 Å². The number of aliphatic carboxylic acids is 1. The molecule has 0 saturated heterocycles. The first-order valence-electron chi connectivity index (χ1n) is 4.47. The molecule has 0 spiro atoms. The summed E-state index contributed by atoms with van der Waals surface area (Å²) in [4.78, 5) is 22.0. The number of rotatable bonds is 5. The van der Waals surface area contributed by atoms with E-state index in [1.807, 2.05) is 5.32 Å². The van der Waals surface area contributed by atoms with Crippen LogP contribution in [0.5, 0.6) is 0 Å². The van der Waals surface area contributed by atoms with Crippen molar-refractivity contribution < 1.29 is 27.9 Å². The highest BCUT2D eigenvalue weighted by atomic mass is 35.5. The van der Waals surface area contributed by atoms with Crippen LogP contribution in [0.1, 0.15) is 17.0 Å². The first-order valence-corrected chi connectivity index (χ1v) is 4.85. The predicted molar refractivity (Wildman–Crippen MR) is 53.2 cm³/mol. The summed E-state index contributed by atoms with van der Waals surface area (Å²) >= 11 is 5.40. The van der Waals surface area contributed by atoms with Gasteiger partial charge in [0.1, 0.15) is 6.04 Å². The zero-order chi connectivity index (χ0) is 13.0. The topological polar surface area (TPSA) is 79.5 Å². The van der Waals surface area contributed by atoms with Crippen LogP contribution in [0.4, 0.5) is 8.78 Å². The molecule has 5 nitrogen and oxygen atoms in total. The van der Waals surface area contributed by atoms with Gasteiger partial charge in [-0.3, -0.25) is 4.79 Å². The van der Waals surface area contributed by atoms with E-state index in [1.165, 1.54) is 12.1 Å². The molecule has 2 N–H and O–H groups in total. The van der Waals surface area contributed by atoms with Crippen LogP contribution in [0.3, 0.4) is 0 Å². The molecule has 0 fully saturated rings. The van der Waals surface area contributed by atoms with Crippen LogP contribution >= 0.6 is 11.6 Å². The minimum Gasteiger partial charge on any atom is -0.480 e. The highest BCUT2D eigenvalue weighted by molar-refractivity contribution is 6.29. The van der Waals surface area contributed by atoms with Gasteiger partial charge in [-0.15, -0.1) is 0 Å². The van der Waals surface area contributed by atoms with Gasteiger partial charge < -0.3 is 14.8 Å². The standard InChI is InChI=1S/C9H8ClF2NO4/c10-6-2-1-5(17-6)8(14)13-4(9(15)16)3-7(11)12/h1-2,4,7H,3H2,(H,13,14)(H,15,16). The predicted octanol–water partition coefficient (Wildman–Crippen LogP) is 1.77. The molecule has 17 heavy (non-hydrogen) atoms. The first kappa shape index (κ1) is 13.4. The Bertz CT molecular complexity index is 421. The van der Waals surface area contributed by atoms with Crippen molar-refractivity contribution in [1.29, 1.82) is 0 Å². The molecule has 0 aliphatic rings. The normalized spacial score (nSPS) is 12.5. The van der Waals surface area contributed by atoms with Crippen LogP contribution in [0, 0.1) is 0 Å². The van der Waals surface area contributed by atoms with Gasteiger partial charge in [-0.25, -0.2) is 13.6 Å². The molecular weight excluding hydrogens is 260 g/mol. The van der Waals surface area contributed by atoms with E-state index >= 15 is 0 Å². The van der Waals surface area contributed by atoms with Gasteiger partial charge in [0.2, 0.25) is 6.43 Å². The summed E-state index contributed by atoms with van der Waals surface area (Å²) in [7, 11) is 0. The largest absolute Gasteiger partial charge is 0.480 e. The van der Waals surface area contributed by atoms with Crippen molar-refractivity contribution in [3.63, 3.8) is 0 Å². The molecule has 0 radical (unpaired) electrons. The third-order valence-corrected chi connectivity index (χ3v) is 2.02. The van der Waals surface area contributed by atoms with Crippen LogP contribution in [-0.2, 0) is 4.79 Å². The molecule has 94 valence electrons. The number of carbonyl (C=O) groups is 2. The summed E-state index contributed by atoms with van der Waals surface area (Å²) in [6.07, 6.45) is -3.81. The van der Waals surface area contributed by atoms with E-state index in [1.54, 1.807) is 0 Å². The molecule has 1 aromatic heterocycles. The number of furan rings is 1. The molecule has 0 bridgehead atoms. The molecule has 0 aliphatic carbocycles. The zero-order valence-corrected chi connectivity index (χ0v) is 9.08. The number of halogens is 3. The van der Waals surface area contributed by atoms with Crippen LogP contribution in [0.25, 0.3) is 0 Å². The maximum Gasteiger partial charge on any atom is 0.326 e. The fourth-order valence-electron chi connectivity index (χ4n) is 1.07. The Morgan fingerprint density at radius 3 is 2.53 bits per heavy atom. The third kappa shape index (κ3) is 4.03. The number of hydrogen-bond donors (Lipinski definition) is 2. The van der Waals surface area contributed by atoms with Crippen molar-refractivity contribution in [1.82, 2.24) is 5.32 Å². The van der Waals surface area contributed by atoms with Crippen molar-refractivity contribution in [3.8, 4) is 0 Å². The second kappa shape index (κ2) is 5.62. The Kier molecular flexibility index (Phi) is 4.45. The van der Waals surface area contributed by atoms with Crippen LogP contribution in [-0.4, -0.2) is 29.5 Å². The first-order chi connectivity index (χ1) is 7.90. The van der Waals surface area contributed by atoms with Crippen LogP contribution in [0.15, 0.2) is 16.5 Å². The highest BCUT2D eigenvalue weighted by Gasteiger charge is 2.25. The molecule has 1 amide bonds. The van der Waals surface area contributed by atoms with Crippen LogP contribution in [0.2, 0.25) is 5.22 Å². The number of carboxylic acid groups (broad SMARTS) is 1. The molecule has 1 aromatic rings. The van der Waals surface area contributed by atoms with Crippen molar-refractivity contribution >= 4 is 23.5 Å². The van der Waals surface area contributed by atoms with Gasteiger partial charge in [-0.2, -0.15) is 0 Å².